The van der Waals surface area contributed by atoms with E-state index in [-0.39, 0.29) is 5.78 Å². The minimum Gasteiger partial charge on any atom is -0.330 e. The van der Waals surface area contributed by atoms with Gasteiger partial charge in [-0.15, -0.1) is 0 Å². The highest BCUT2D eigenvalue weighted by Gasteiger charge is 2.26. The molecule has 1 aromatic carbocycles. The van der Waals surface area contributed by atoms with Crippen LogP contribution >= 0.6 is 0 Å². The van der Waals surface area contributed by atoms with Gasteiger partial charge in [-0.1, -0.05) is 12.1 Å². The lowest BCUT2D eigenvalue weighted by molar-refractivity contribution is 0.0975. The van der Waals surface area contributed by atoms with E-state index in [1.54, 1.807) is 16.7 Å². The highest BCUT2D eigenvalue weighted by atomic mass is 16.1. The van der Waals surface area contributed by atoms with Gasteiger partial charge in [-0.2, -0.15) is 5.26 Å². The molecule has 5 nitrogen and oxygen atoms in total. The smallest absolute Gasteiger partial charge is 0.187 e. The fourth-order valence-corrected chi connectivity index (χ4v) is 2.34. The molecule has 0 aliphatic rings. The topological polar surface area (TPSA) is 71.6 Å². The number of imidazole rings is 1. The third-order valence-electron chi connectivity index (χ3n) is 3.44. The summed E-state index contributed by atoms with van der Waals surface area (Å²) in [5, 5.41) is 9.42. The molecule has 0 bridgehead atoms. The first-order valence-corrected chi connectivity index (χ1v) is 6.47. The van der Waals surface area contributed by atoms with Gasteiger partial charge in [0.2, 0.25) is 0 Å². The van der Waals surface area contributed by atoms with Gasteiger partial charge in [0, 0.05) is 25.0 Å². The fraction of sp³-hybridized carbons (Fsp3) is 0.125. The summed E-state index contributed by atoms with van der Waals surface area (Å²) in [4.78, 5) is 20.8. The lowest BCUT2D eigenvalue weighted by Crippen LogP contribution is -2.15. The summed E-state index contributed by atoms with van der Waals surface area (Å²) >= 11 is 0. The summed E-state index contributed by atoms with van der Waals surface area (Å²) in [7, 11) is 1.81. The lowest BCUT2D eigenvalue weighted by Gasteiger charge is -2.08. The molecule has 2 heterocycles. The van der Waals surface area contributed by atoms with Crippen LogP contribution in [0.25, 0.3) is 11.0 Å². The number of hydrogen-bond acceptors (Lipinski definition) is 4. The molecule has 0 amide bonds. The summed E-state index contributed by atoms with van der Waals surface area (Å²) < 4.78 is 1.79. The van der Waals surface area contributed by atoms with Crippen molar-refractivity contribution in [3.8, 4) is 6.07 Å². The van der Waals surface area contributed by atoms with E-state index in [1.165, 1.54) is 12.4 Å². The molecule has 0 aliphatic carbocycles. The molecule has 1 atom stereocenters. The standard InChI is InChI=1S/C16H12N4O/c1-20-14-5-3-2-4-13(14)19-16(20)12(10-17)15(21)11-6-8-18-9-7-11/h2-9,12H,1H3. The Morgan fingerprint density at radius 2 is 1.95 bits per heavy atom. The number of nitriles is 1. The zero-order valence-corrected chi connectivity index (χ0v) is 11.4. The zero-order chi connectivity index (χ0) is 14.8. The number of aromatic nitrogens is 3. The average molecular weight is 276 g/mol. The first kappa shape index (κ1) is 13.0. The Balaban J connectivity index is 2.09. The van der Waals surface area contributed by atoms with Gasteiger partial charge in [0.1, 0.15) is 5.82 Å². The molecule has 0 saturated carbocycles. The largest absolute Gasteiger partial charge is 0.330 e. The number of fused-ring (bicyclic) bond motifs is 1. The maximum Gasteiger partial charge on any atom is 0.187 e. The Kier molecular flexibility index (Phi) is 3.20. The summed E-state index contributed by atoms with van der Waals surface area (Å²) in [6.07, 6.45) is 3.08. The summed E-state index contributed by atoms with van der Waals surface area (Å²) in [5.74, 6) is -0.733. The van der Waals surface area contributed by atoms with E-state index in [9.17, 15) is 10.1 Å². The minimum absolute atomic E-state index is 0.265. The number of rotatable bonds is 3. The minimum atomic E-state index is -0.926. The molecule has 21 heavy (non-hydrogen) atoms. The molecule has 2 aromatic heterocycles. The van der Waals surface area contributed by atoms with Crippen LogP contribution in [0, 0.1) is 11.3 Å². The van der Waals surface area contributed by atoms with Crippen molar-refractivity contribution in [2.75, 3.05) is 0 Å². The highest BCUT2D eigenvalue weighted by molar-refractivity contribution is 6.02. The van der Waals surface area contributed by atoms with Crippen LogP contribution in [0.1, 0.15) is 22.1 Å². The number of hydrogen-bond donors (Lipinski definition) is 0. The molecule has 0 aliphatic heterocycles. The summed E-state index contributed by atoms with van der Waals surface area (Å²) in [6.45, 7) is 0. The Morgan fingerprint density at radius 3 is 2.62 bits per heavy atom. The highest BCUT2D eigenvalue weighted by Crippen LogP contribution is 2.23. The maximum absolute atomic E-state index is 12.5. The molecule has 3 rings (SSSR count). The van der Waals surface area contributed by atoms with E-state index in [0.717, 1.165) is 11.0 Å². The van der Waals surface area contributed by atoms with Crippen molar-refractivity contribution < 1.29 is 4.79 Å². The van der Waals surface area contributed by atoms with E-state index in [2.05, 4.69) is 16.0 Å². The molecule has 0 saturated heterocycles. The van der Waals surface area contributed by atoms with Gasteiger partial charge in [-0.3, -0.25) is 9.78 Å². The van der Waals surface area contributed by atoms with E-state index in [4.69, 9.17) is 0 Å². The molecule has 102 valence electrons. The number of nitrogens with zero attached hydrogens (tertiary/aromatic N) is 4. The van der Waals surface area contributed by atoms with Crippen molar-refractivity contribution in [3.63, 3.8) is 0 Å². The Hall–Kier alpha value is -3.00. The Morgan fingerprint density at radius 1 is 1.24 bits per heavy atom. The van der Waals surface area contributed by atoms with E-state index >= 15 is 0 Å². The monoisotopic (exact) mass is 276 g/mol. The van der Waals surface area contributed by atoms with Crippen molar-refractivity contribution >= 4 is 16.8 Å². The molecule has 0 spiro atoms. The number of carbonyl (C=O) groups excluding carboxylic acids is 1. The molecule has 0 fully saturated rings. The third kappa shape index (κ3) is 2.17. The van der Waals surface area contributed by atoms with Crippen LogP contribution in [0.5, 0.6) is 0 Å². The van der Waals surface area contributed by atoms with Gasteiger partial charge >= 0.3 is 0 Å². The van der Waals surface area contributed by atoms with Gasteiger partial charge in [0.25, 0.3) is 0 Å². The SMILES string of the molecule is Cn1c(C(C#N)C(=O)c2ccncc2)nc2ccccc21. The van der Waals surface area contributed by atoms with E-state index < -0.39 is 5.92 Å². The Bertz CT molecular complexity index is 846. The number of aryl methyl sites for hydroxylation is 1. The molecule has 1 unspecified atom stereocenters. The first-order chi connectivity index (χ1) is 10.2. The number of benzene rings is 1. The van der Waals surface area contributed by atoms with Crippen molar-refractivity contribution in [1.29, 1.82) is 5.26 Å². The van der Waals surface area contributed by atoms with Gasteiger partial charge in [-0.25, -0.2) is 4.98 Å². The molecular weight excluding hydrogens is 264 g/mol. The van der Waals surface area contributed by atoms with Crippen molar-refractivity contribution in [1.82, 2.24) is 14.5 Å². The predicted molar refractivity (Wildman–Crippen MR) is 77.6 cm³/mol. The van der Waals surface area contributed by atoms with Crippen LogP contribution < -0.4 is 0 Å². The van der Waals surface area contributed by atoms with Gasteiger partial charge < -0.3 is 4.57 Å². The number of para-hydroxylation sites is 2. The normalized spacial score (nSPS) is 12.0. The fourth-order valence-electron chi connectivity index (χ4n) is 2.34. The average Bonchev–Trinajstić information content (AvgIpc) is 2.86. The summed E-state index contributed by atoms with van der Waals surface area (Å²) in [5.41, 5.74) is 2.14. The van der Waals surface area contributed by atoms with Crippen molar-refractivity contribution in [2.45, 2.75) is 5.92 Å². The number of carbonyl (C=O) groups is 1. The first-order valence-electron chi connectivity index (χ1n) is 6.47. The molecular formula is C16H12N4O. The van der Waals surface area contributed by atoms with Crippen LogP contribution in [0.3, 0.4) is 0 Å². The summed E-state index contributed by atoms with van der Waals surface area (Å²) in [6, 6.07) is 12.8. The van der Waals surface area contributed by atoms with Crippen LogP contribution in [-0.2, 0) is 7.05 Å². The molecule has 0 N–H and O–H groups in total. The molecule has 0 radical (unpaired) electrons. The van der Waals surface area contributed by atoms with Crippen LogP contribution in [-0.4, -0.2) is 20.3 Å². The van der Waals surface area contributed by atoms with Crippen molar-refractivity contribution in [3.05, 3.63) is 60.2 Å². The zero-order valence-electron chi connectivity index (χ0n) is 11.4. The molecule has 5 heteroatoms. The van der Waals surface area contributed by atoms with Crippen LogP contribution in [0.2, 0.25) is 0 Å². The predicted octanol–water partition coefficient (Wildman–Crippen LogP) is 2.46. The second-order valence-corrected chi connectivity index (χ2v) is 4.68. The third-order valence-corrected chi connectivity index (χ3v) is 3.44. The Labute approximate surface area is 121 Å². The number of ketones is 1. The molecule has 3 aromatic rings. The van der Waals surface area contributed by atoms with E-state index in [1.807, 2.05) is 31.3 Å². The lowest BCUT2D eigenvalue weighted by atomic mass is 9.99. The quantitative estimate of drug-likeness (QED) is 0.689. The van der Waals surface area contributed by atoms with Crippen molar-refractivity contribution in [2.24, 2.45) is 7.05 Å². The number of Topliss-reactive ketones (excluding diaryl/α,β-unsaturated/α-hetero) is 1. The second-order valence-electron chi connectivity index (χ2n) is 4.68. The number of pyridine rings is 1. The van der Waals surface area contributed by atoms with Gasteiger partial charge in [0.15, 0.2) is 11.7 Å². The maximum atomic E-state index is 12.5. The van der Waals surface area contributed by atoms with Crippen LogP contribution in [0.4, 0.5) is 0 Å². The van der Waals surface area contributed by atoms with Crippen LogP contribution in [0.15, 0.2) is 48.8 Å². The van der Waals surface area contributed by atoms with Gasteiger partial charge in [-0.05, 0) is 24.3 Å². The van der Waals surface area contributed by atoms with E-state index in [0.29, 0.717) is 11.4 Å². The second kappa shape index (κ2) is 5.17. The van der Waals surface area contributed by atoms with Gasteiger partial charge in [0.05, 0.1) is 17.1 Å².